The lowest BCUT2D eigenvalue weighted by Crippen LogP contribution is -2.33. The summed E-state index contributed by atoms with van der Waals surface area (Å²) in [7, 11) is 1.87. The van der Waals surface area contributed by atoms with Gasteiger partial charge in [0.1, 0.15) is 5.84 Å². The number of hydrogen-bond donors (Lipinski definition) is 2. The summed E-state index contributed by atoms with van der Waals surface area (Å²) < 4.78 is 0. The zero-order valence-electron chi connectivity index (χ0n) is 9.75. The van der Waals surface area contributed by atoms with Crippen LogP contribution in [0.5, 0.6) is 0 Å². The van der Waals surface area contributed by atoms with Crippen molar-refractivity contribution in [1.82, 2.24) is 9.97 Å². The Kier molecular flexibility index (Phi) is 4.04. The minimum Gasteiger partial charge on any atom is -0.409 e. The van der Waals surface area contributed by atoms with Gasteiger partial charge in [0.05, 0.1) is 0 Å². The molecule has 1 unspecified atom stereocenters. The maximum Gasteiger partial charge on any atom is 0.225 e. The average molecular weight is 223 g/mol. The summed E-state index contributed by atoms with van der Waals surface area (Å²) in [5.74, 6) is 0.780. The lowest BCUT2D eigenvalue weighted by molar-refractivity contribution is 0.314. The van der Waals surface area contributed by atoms with E-state index < -0.39 is 0 Å². The van der Waals surface area contributed by atoms with E-state index in [1.807, 2.05) is 25.8 Å². The first-order valence-electron chi connectivity index (χ1n) is 5.01. The largest absolute Gasteiger partial charge is 0.409 e. The van der Waals surface area contributed by atoms with Gasteiger partial charge in [-0.15, -0.1) is 0 Å². The predicted octanol–water partition coefficient (Wildman–Crippen LogP) is 0.604. The maximum atomic E-state index is 8.54. The summed E-state index contributed by atoms with van der Waals surface area (Å²) >= 11 is 0. The first-order valence-corrected chi connectivity index (χ1v) is 5.01. The molecule has 1 atom stereocenters. The second-order valence-electron chi connectivity index (χ2n) is 3.87. The molecule has 0 radical (unpaired) electrons. The van der Waals surface area contributed by atoms with E-state index >= 15 is 0 Å². The number of anilines is 1. The number of aromatic nitrogens is 2. The van der Waals surface area contributed by atoms with E-state index in [0.717, 1.165) is 5.56 Å². The molecule has 0 aromatic carbocycles. The molecule has 0 aliphatic heterocycles. The van der Waals surface area contributed by atoms with Gasteiger partial charge in [-0.05, 0) is 12.5 Å². The molecule has 0 saturated carbocycles. The molecule has 88 valence electrons. The molecule has 0 aliphatic carbocycles. The first-order chi connectivity index (χ1) is 7.54. The van der Waals surface area contributed by atoms with Crippen LogP contribution < -0.4 is 10.6 Å². The summed E-state index contributed by atoms with van der Waals surface area (Å²) in [6, 6.07) is 0. The molecule has 0 amide bonds. The molecule has 0 spiro atoms. The van der Waals surface area contributed by atoms with Gasteiger partial charge < -0.3 is 15.8 Å². The Morgan fingerprint density at radius 3 is 2.62 bits per heavy atom. The number of aryl methyl sites for hydroxylation is 1. The third-order valence-corrected chi connectivity index (χ3v) is 2.28. The molecule has 0 fully saturated rings. The molecule has 1 rings (SSSR count). The van der Waals surface area contributed by atoms with Crippen molar-refractivity contribution in [3.8, 4) is 0 Å². The first kappa shape index (κ1) is 12.2. The van der Waals surface area contributed by atoms with Gasteiger partial charge in [0.15, 0.2) is 0 Å². The Balaban J connectivity index is 2.65. The lowest BCUT2D eigenvalue weighted by atomic mass is 10.1. The van der Waals surface area contributed by atoms with Crippen LogP contribution in [0.2, 0.25) is 0 Å². The van der Waals surface area contributed by atoms with Crippen LogP contribution in [-0.4, -0.2) is 34.6 Å². The molecule has 0 aliphatic rings. The predicted molar refractivity (Wildman–Crippen MR) is 62.6 cm³/mol. The smallest absolute Gasteiger partial charge is 0.225 e. The van der Waals surface area contributed by atoms with Crippen molar-refractivity contribution in [3.63, 3.8) is 0 Å². The molecule has 3 N–H and O–H groups in total. The molecule has 16 heavy (non-hydrogen) atoms. The zero-order valence-corrected chi connectivity index (χ0v) is 9.75. The van der Waals surface area contributed by atoms with Crippen LogP contribution >= 0.6 is 0 Å². The van der Waals surface area contributed by atoms with Crippen LogP contribution in [0.4, 0.5) is 5.95 Å². The van der Waals surface area contributed by atoms with Crippen LogP contribution in [0.15, 0.2) is 17.5 Å². The molecule has 6 heteroatoms. The van der Waals surface area contributed by atoms with E-state index in [-0.39, 0.29) is 11.8 Å². The average Bonchev–Trinajstić information content (AvgIpc) is 2.28. The molecule has 0 saturated heterocycles. The Bertz CT molecular complexity index is 362. The van der Waals surface area contributed by atoms with Crippen molar-refractivity contribution in [2.45, 2.75) is 13.8 Å². The minimum atomic E-state index is -0.0556. The molecule has 1 aromatic heterocycles. The highest BCUT2D eigenvalue weighted by Gasteiger charge is 2.12. The van der Waals surface area contributed by atoms with E-state index in [2.05, 4.69) is 15.1 Å². The number of oxime groups is 1. The fourth-order valence-corrected chi connectivity index (χ4v) is 1.27. The summed E-state index contributed by atoms with van der Waals surface area (Å²) in [6.45, 7) is 4.40. The summed E-state index contributed by atoms with van der Waals surface area (Å²) in [5, 5.41) is 11.5. The van der Waals surface area contributed by atoms with Crippen LogP contribution in [0.1, 0.15) is 12.5 Å². The van der Waals surface area contributed by atoms with Gasteiger partial charge in [0.2, 0.25) is 5.95 Å². The highest BCUT2D eigenvalue weighted by atomic mass is 16.4. The van der Waals surface area contributed by atoms with Crippen LogP contribution in [0.25, 0.3) is 0 Å². The highest BCUT2D eigenvalue weighted by Crippen LogP contribution is 2.07. The van der Waals surface area contributed by atoms with E-state index in [0.29, 0.717) is 12.5 Å². The SMILES string of the molecule is Cc1cnc(N(C)CC(C)C(N)=NO)nc1. The zero-order chi connectivity index (χ0) is 12.1. The van der Waals surface area contributed by atoms with Gasteiger partial charge >= 0.3 is 0 Å². The Hall–Kier alpha value is -1.85. The highest BCUT2D eigenvalue weighted by molar-refractivity contribution is 5.82. The van der Waals surface area contributed by atoms with Crippen molar-refractivity contribution < 1.29 is 5.21 Å². The Morgan fingerprint density at radius 1 is 1.56 bits per heavy atom. The maximum absolute atomic E-state index is 8.54. The number of hydrogen-bond acceptors (Lipinski definition) is 5. The van der Waals surface area contributed by atoms with Gasteiger partial charge in [-0.25, -0.2) is 9.97 Å². The fraction of sp³-hybridized carbons (Fsp3) is 0.500. The molecule has 0 bridgehead atoms. The molecular weight excluding hydrogens is 206 g/mol. The van der Waals surface area contributed by atoms with Crippen LogP contribution in [0.3, 0.4) is 0 Å². The van der Waals surface area contributed by atoms with Crippen molar-refractivity contribution in [3.05, 3.63) is 18.0 Å². The normalized spacial score (nSPS) is 13.6. The number of nitrogens with zero attached hydrogens (tertiary/aromatic N) is 4. The van der Waals surface area contributed by atoms with Gasteiger partial charge in [0.25, 0.3) is 0 Å². The summed E-state index contributed by atoms with van der Waals surface area (Å²) in [6.07, 6.45) is 3.51. The molecular formula is C10H17N5O. The monoisotopic (exact) mass is 223 g/mol. The topological polar surface area (TPSA) is 87.6 Å². The third-order valence-electron chi connectivity index (χ3n) is 2.28. The van der Waals surface area contributed by atoms with Crippen LogP contribution in [-0.2, 0) is 0 Å². The van der Waals surface area contributed by atoms with E-state index in [1.165, 1.54) is 0 Å². The van der Waals surface area contributed by atoms with Crippen LogP contribution in [0, 0.1) is 12.8 Å². The number of rotatable bonds is 4. The lowest BCUT2D eigenvalue weighted by Gasteiger charge is -2.20. The quantitative estimate of drug-likeness (QED) is 0.338. The standard InChI is InChI=1S/C10H17N5O/c1-7-4-12-10(13-5-7)15(3)6-8(2)9(11)14-16/h4-5,8,16H,6H2,1-3H3,(H2,11,14). The van der Waals surface area contributed by atoms with Gasteiger partial charge in [-0.3, -0.25) is 0 Å². The second-order valence-corrected chi connectivity index (χ2v) is 3.87. The minimum absolute atomic E-state index is 0.0556. The second kappa shape index (κ2) is 5.29. The molecule has 6 nitrogen and oxygen atoms in total. The van der Waals surface area contributed by atoms with Gasteiger partial charge in [-0.2, -0.15) is 0 Å². The van der Waals surface area contributed by atoms with E-state index in [9.17, 15) is 0 Å². The third kappa shape index (κ3) is 3.08. The van der Waals surface area contributed by atoms with Crippen molar-refractivity contribution >= 4 is 11.8 Å². The fourth-order valence-electron chi connectivity index (χ4n) is 1.27. The van der Waals surface area contributed by atoms with E-state index in [1.54, 1.807) is 12.4 Å². The number of nitrogens with two attached hydrogens (primary N) is 1. The van der Waals surface area contributed by atoms with Gasteiger partial charge in [0, 0.05) is 31.9 Å². The summed E-state index contributed by atoms with van der Waals surface area (Å²) in [4.78, 5) is 10.2. The van der Waals surface area contributed by atoms with Crippen molar-refractivity contribution in [2.75, 3.05) is 18.5 Å². The van der Waals surface area contributed by atoms with Crippen molar-refractivity contribution in [1.29, 1.82) is 0 Å². The summed E-state index contributed by atoms with van der Waals surface area (Å²) in [5.41, 5.74) is 6.51. The van der Waals surface area contributed by atoms with Gasteiger partial charge in [-0.1, -0.05) is 12.1 Å². The Labute approximate surface area is 94.8 Å². The Morgan fingerprint density at radius 2 is 2.12 bits per heavy atom. The molecule has 1 aromatic rings. The molecule has 1 heterocycles. The van der Waals surface area contributed by atoms with E-state index in [4.69, 9.17) is 10.9 Å². The van der Waals surface area contributed by atoms with Crippen molar-refractivity contribution in [2.24, 2.45) is 16.8 Å². The number of amidine groups is 1.